The van der Waals surface area contributed by atoms with Gasteiger partial charge in [-0.1, -0.05) is 0 Å². The summed E-state index contributed by atoms with van der Waals surface area (Å²) < 4.78 is 0. The zero-order valence-electron chi connectivity index (χ0n) is 11.5. The number of amides is 1. The van der Waals surface area contributed by atoms with Crippen LogP contribution in [0, 0.1) is 12.8 Å². The van der Waals surface area contributed by atoms with E-state index in [2.05, 4.69) is 20.2 Å². The van der Waals surface area contributed by atoms with Gasteiger partial charge in [0.25, 0.3) is 0 Å². The Morgan fingerprint density at radius 2 is 2.37 bits per heavy atom. The molecule has 0 spiro atoms. The number of primary amides is 1. The number of aryl methyl sites for hydroxylation is 1. The molecule has 6 nitrogen and oxygen atoms in total. The number of hydrogen-bond acceptors (Lipinski definition) is 5. The van der Waals surface area contributed by atoms with Gasteiger partial charge in [0, 0.05) is 31.4 Å². The summed E-state index contributed by atoms with van der Waals surface area (Å²) in [4.78, 5) is 22.3. The molecule has 104 valence electrons. The summed E-state index contributed by atoms with van der Waals surface area (Å²) in [5, 5.41) is 3.12. The van der Waals surface area contributed by atoms with Gasteiger partial charge in [-0.3, -0.25) is 4.79 Å². The zero-order valence-corrected chi connectivity index (χ0v) is 11.5. The first-order valence-corrected chi connectivity index (χ1v) is 6.74. The minimum atomic E-state index is -0.220. The maximum atomic E-state index is 11.3. The van der Waals surface area contributed by atoms with Crippen LogP contribution >= 0.6 is 0 Å². The second kappa shape index (κ2) is 5.86. The molecule has 1 aromatic heterocycles. The first-order chi connectivity index (χ1) is 9.10. The highest BCUT2D eigenvalue weighted by molar-refractivity contribution is 5.77. The molecular formula is C13H21N5O. The topological polar surface area (TPSA) is 84.1 Å². The lowest BCUT2D eigenvalue weighted by atomic mass is 9.97. The van der Waals surface area contributed by atoms with E-state index in [-0.39, 0.29) is 11.8 Å². The van der Waals surface area contributed by atoms with Crippen molar-refractivity contribution in [3.05, 3.63) is 11.8 Å². The van der Waals surface area contributed by atoms with Gasteiger partial charge in [-0.05, 0) is 26.7 Å². The van der Waals surface area contributed by atoms with Crippen LogP contribution in [0.3, 0.4) is 0 Å². The van der Waals surface area contributed by atoms with E-state index in [1.807, 2.05) is 19.9 Å². The van der Waals surface area contributed by atoms with Crippen molar-refractivity contribution < 1.29 is 4.79 Å². The van der Waals surface area contributed by atoms with Gasteiger partial charge >= 0.3 is 0 Å². The van der Waals surface area contributed by atoms with Crippen LogP contribution in [0.15, 0.2) is 6.07 Å². The molecule has 1 aliphatic rings. The molecule has 1 fully saturated rings. The Hall–Kier alpha value is -1.85. The van der Waals surface area contributed by atoms with E-state index in [0.29, 0.717) is 12.5 Å². The van der Waals surface area contributed by atoms with Gasteiger partial charge in [0.1, 0.15) is 5.82 Å². The highest BCUT2D eigenvalue weighted by Crippen LogP contribution is 2.22. The van der Waals surface area contributed by atoms with Crippen LogP contribution < -0.4 is 16.0 Å². The van der Waals surface area contributed by atoms with Crippen molar-refractivity contribution in [1.82, 2.24) is 9.97 Å². The third-order valence-electron chi connectivity index (χ3n) is 3.32. The van der Waals surface area contributed by atoms with Gasteiger partial charge in [-0.25, -0.2) is 4.98 Å². The fourth-order valence-electron chi connectivity index (χ4n) is 2.37. The van der Waals surface area contributed by atoms with Crippen molar-refractivity contribution >= 4 is 17.7 Å². The second-order valence-corrected chi connectivity index (χ2v) is 4.91. The molecule has 0 aromatic carbocycles. The summed E-state index contributed by atoms with van der Waals surface area (Å²) in [6, 6.07) is 1.95. The lowest BCUT2D eigenvalue weighted by Gasteiger charge is -2.32. The van der Waals surface area contributed by atoms with Gasteiger partial charge in [0.2, 0.25) is 11.9 Å². The number of piperidine rings is 1. The minimum Gasteiger partial charge on any atom is -0.369 e. The molecule has 1 aromatic rings. The third kappa shape index (κ3) is 3.33. The number of nitrogens with zero attached hydrogens (tertiary/aromatic N) is 3. The van der Waals surface area contributed by atoms with Crippen LogP contribution in [0.4, 0.5) is 11.8 Å². The summed E-state index contributed by atoms with van der Waals surface area (Å²) in [6.45, 7) is 6.30. The number of nitrogens with two attached hydrogens (primary N) is 1. The van der Waals surface area contributed by atoms with E-state index in [9.17, 15) is 4.79 Å². The van der Waals surface area contributed by atoms with Gasteiger partial charge < -0.3 is 16.0 Å². The van der Waals surface area contributed by atoms with Crippen LogP contribution in [-0.2, 0) is 4.79 Å². The molecule has 2 heterocycles. The van der Waals surface area contributed by atoms with Gasteiger partial charge in [-0.2, -0.15) is 4.98 Å². The lowest BCUT2D eigenvalue weighted by molar-refractivity contribution is -0.122. The number of nitrogens with one attached hydrogen (secondary N) is 1. The van der Waals surface area contributed by atoms with Crippen molar-refractivity contribution in [3.63, 3.8) is 0 Å². The number of anilines is 2. The van der Waals surface area contributed by atoms with E-state index < -0.39 is 0 Å². The molecule has 19 heavy (non-hydrogen) atoms. The smallest absolute Gasteiger partial charge is 0.224 e. The van der Waals surface area contributed by atoms with Crippen molar-refractivity contribution in [3.8, 4) is 0 Å². The van der Waals surface area contributed by atoms with Gasteiger partial charge in [0.05, 0.1) is 5.92 Å². The normalized spacial score (nSPS) is 19.3. The molecule has 1 saturated heterocycles. The fraction of sp³-hybridized carbons (Fsp3) is 0.615. The standard InChI is InChI=1S/C13H21N5O/c1-3-15-13-16-9(2)7-11(17-13)18-6-4-5-10(8-18)12(14)19/h7,10H,3-6,8H2,1-2H3,(H2,14,19)(H,15,16,17). The second-order valence-electron chi connectivity index (χ2n) is 4.91. The molecule has 3 N–H and O–H groups in total. The molecular weight excluding hydrogens is 242 g/mol. The van der Waals surface area contributed by atoms with Crippen molar-refractivity contribution in [2.24, 2.45) is 11.7 Å². The molecule has 6 heteroatoms. The minimum absolute atomic E-state index is 0.0772. The Bertz CT molecular complexity index is 462. The molecule has 0 bridgehead atoms. The molecule has 0 aliphatic carbocycles. The number of carbonyl (C=O) groups excluding carboxylic acids is 1. The van der Waals surface area contributed by atoms with Crippen LogP contribution in [0.1, 0.15) is 25.5 Å². The Labute approximate surface area is 113 Å². The summed E-state index contributed by atoms with van der Waals surface area (Å²) >= 11 is 0. The van der Waals surface area contributed by atoms with E-state index in [1.54, 1.807) is 0 Å². The number of rotatable bonds is 4. The maximum Gasteiger partial charge on any atom is 0.224 e. The molecule has 1 unspecified atom stereocenters. The Kier molecular flexibility index (Phi) is 4.19. The van der Waals surface area contributed by atoms with Gasteiger partial charge in [-0.15, -0.1) is 0 Å². The van der Waals surface area contributed by atoms with Crippen LogP contribution in [0.25, 0.3) is 0 Å². The number of hydrogen-bond donors (Lipinski definition) is 2. The first-order valence-electron chi connectivity index (χ1n) is 6.74. The van der Waals surface area contributed by atoms with Crippen LogP contribution in [0.5, 0.6) is 0 Å². The number of aromatic nitrogens is 2. The number of carbonyl (C=O) groups is 1. The molecule has 0 radical (unpaired) electrons. The van der Waals surface area contributed by atoms with E-state index >= 15 is 0 Å². The maximum absolute atomic E-state index is 11.3. The van der Waals surface area contributed by atoms with Crippen molar-refractivity contribution in [2.75, 3.05) is 29.9 Å². The van der Waals surface area contributed by atoms with Crippen molar-refractivity contribution in [1.29, 1.82) is 0 Å². The summed E-state index contributed by atoms with van der Waals surface area (Å²) in [6.07, 6.45) is 1.84. The SMILES string of the molecule is CCNc1nc(C)cc(N2CCCC(C(N)=O)C2)n1. The zero-order chi connectivity index (χ0) is 13.8. The summed E-state index contributed by atoms with van der Waals surface area (Å²) in [7, 11) is 0. The predicted octanol–water partition coefficient (Wildman–Crippen LogP) is 0.919. The lowest BCUT2D eigenvalue weighted by Crippen LogP contribution is -2.41. The van der Waals surface area contributed by atoms with E-state index in [1.165, 1.54) is 0 Å². The third-order valence-corrected chi connectivity index (χ3v) is 3.32. The average molecular weight is 263 g/mol. The van der Waals surface area contributed by atoms with E-state index in [0.717, 1.165) is 37.4 Å². The molecule has 1 aliphatic heterocycles. The highest BCUT2D eigenvalue weighted by atomic mass is 16.1. The molecule has 2 rings (SSSR count). The largest absolute Gasteiger partial charge is 0.369 e. The monoisotopic (exact) mass is 263 g/mol. The van der Waals surface area contributed by atoms with Gasteiger partial charge in [0.15, 0.2) is 0 Å². The molecule has 1 amide bonds. The predicted molar refractivity (Wildman–Crippen MR) is 75.1 cm³/mol. The van der Waals surface area contributed by atoms with Crippen molar-refractivity contribution in [2.45, 2.75) is 26.7 Å². The van der Waals surface area contributed by atoms with Crippen LogP contribution in [0.2, 0.25) is 0 Å². The Morgan fingerprint density at radius 1 is 1.58 bits per heavy atom. The Balaban J connectivity index is 2.18. The fourth-order valence-corrected chi connectivity index (χ4v) is 2.37. The molecule has 1 atom stereocenters. The highest BCUT2D eigenvalue weighted by Gasteiger charge is 2.25. The van der Waals surface area contributed by atoms with Crippen LogP contribution in [-0.4, -0.2) is 35.5 Å². The Morgan fingerprint density at radius 3 is 3.05 bits per heavy atom. The summed E-state index contributed by atoms with van der Waals surface area (Å²) in [5.74, 6) is 1.21. The average Bonchev–Trinajstić information content (AvgIpc) is 2.38. The summed E-state index contributed by atoms with van der Waals surface area (Å²) in [5.41, 5.74) is 6.32. The molecule has 0 saturated carbocycles. The van der Waals surface area contributed by atoms with E-state index in [4.69, 9.17) is 5.73 Å². The quantitative estimate of drug-likeness (QED) is 0.844. The first kappa shape index (κ1) is 13.6.